The van der Waals surface area contributed by atoms with Gasteiger partial charge in [-0.05, 0) is 36.4 Å². The molecule has 110 valence electrons. The molecule has 0 saturated heterocycles. The van der Waals surface area contributed by atoms with E-state index in [9.17, 15) is 4.79 Å². The highest BCUT2D eigenvalue weighted by Gasteiger charge is 2.09. The molecule has 7 heteroatoms. The van der Waals surface area contributed by atoms with Crippen LogP contribution in [0.3, 0.4) is 0 Å². The SMILES string of the molecule is O=C(CNc1ccc(Br)cc1)Nc1cc(Cl)c(Cl)cc1Cl. The van der Waals surface area contributed by atoms with Gasteiger partial charge in [-0.25, -0.2) is 0 Å². The summed E-state index contributed by atoms with van der Waals surface area (Å²) in [7, 11) is 0. The van der Waals surface area contributed by atoms with E-state index in [0.29, 0.717) is 20.8 Å². The van der Waals surface area contributed by atoms with Crippen LogP contribution in [0.15, 0.2) is 40.9 Å². The minimum atomic E-state index is -0.238. The van der Waals surface area contributed by atoms with Crippen LogP contribution in [0.2, 0.25) is 15.1 Å². The largest absolute Gasteiger partial charge is 0.376 e. The highest BCUT2D eigenvalue weighted by molar-refractivity contribution is 9.10. The minimum absolute atomic E-state index is 0.109. The fourth-order valence-corrected chi connectivity index (χ4v) is 2.42. The molecule has 0 aliphatic rings. The normalized spacial score (nSPS) is 10.3. The summed E-state index contributed by atoms with van der Waals surface area (Å²) in [5.41, 5.74) is 1.27. The molecule has 0 fully saturated rings. The average molecular weight is 409 g/mol. The Morgan fingerprint density at radius 3 is 2.29 bits per heavy atom. The number of hydrogen-bond acceptors (Lipinski definition) is 2. The van der Waals surface area contributed by atoms with Crippen LogP contribution in [0.1, 0.15) is 0 Å². The fourth-order valence-electron chi connectivity index (χ4n) is 1.56. The zero-order valence-corrected chi connectivity index (χ0v) is 14.4. The second kappa shape index (κ2) is 7.36. The molecule has 2 aromatic rings. The minimum Gasteiger partial charge on any atom is -0.376 e. The summed E-state index contributed by atoms with van der Waals surface area (Å²) in [4.78, 5) is 11.9. The zero-order valence-electron chi connectivity index (χ0n) is 10.6. The fraction of sp³-hybridized carbons (Fsp3) is 0.0714. The maximum atomic E-state index is 11.9. The first kappa shape index (κ1) is 16.4. The van der Waals surface area contributed by atoms with Crippen molar-refractivity contribution in [2.75, 3.05) is 17.2 Å². The van der Waals surface area contributed by atoms with Crippen molar-refractivity contribution in [1.29, 1.82) is 0 Å². The molecule has 0 atom stereocenters. The summed E-state index contributed by atoms with van der Waals surface area (Å²) in [5.74, 6) is -0.238. The van der Waals surface area contributed by atoms with Crippen molar-refractivity contribution in [3.8, 4) is 0 Å². The molecule has 2 rings (SSSR count). The average Bonchev–Trinajstić information content (AvgIpc) is 2.44. The number of benzene rings is 2. The molecule has 0 aliphatic heterocycles. The lowest BCUT2D eigenvalue weighted by molar-refractivity contribution is -0.114. The van der Waals surface area contributed by atoms with Crippen LogP contribution in [-0.4, -0.2) is 12.5 Å². The van der Waals surface area contributed by atoms with Gasteiger partial charge in [0.1, 0.15) is 0 Å². The third kappa shape index (κ3) is 4.78. The molecule has 2 aromatic carbocycles. The van der Waals surface area contributed by atoms with E-state index in [1.54, 1.807) is 0 Å². The predicted octanol–water partition coefficient (Wildman–Crippen LogP) is 5.46. The Morgan fingerprint density at radius 1 is 1.00 bits per heavy atom. The zero-order chi connectivity index (χ0) is 15.4. The van der Waals surface area contributed by atoms with Crippen molar-refractivity contribution < 1.29 is 4.79 Å². The molecule has 0 radical (unpaired) electrons. The quantitative estimate of drug-likeness (QED) is 0.660. The van der Waals surface area contributed by atoms with Gasteiger partial charge >= 0.3 is 0 Å². The Balaban J connectivity index is 1.96. The van der Waals surface area contributed by atoms with Crippen molar-refractivity contribution >= 4 is 68.0 Å². The second-order valence-corrected chi connectivity index (χ2v) is 6.29. The maximum Gasteiger partial charge on any atom is 0.243 e. The van der Waals surface area contributed by atoms with E-state index in [2.05, 4.69) is 26.6 Å². The smallest absolute Gasteiger partial charge is 0.243 e. The molecule has 0 heterocycles. The van der Waals surface area contributed by atoms with Crippen molar-refractivity contribution in [2.45, 2.75) is 0 Å². The Labute approximate surface area is 145 Å². The summed E-state index contributed by atoms with van der Waals surface area (Å²) in [6.45, 7) is 0.109. The van der Waals surface area contributed by atoms with E-state index < -0.39 is 0 Å². The lowest BCUT2D eigenvalue weighted by atomic mass is 10.3. The molecule has 0 unspecified atom stereocenters. The van der Waals surface area contributed by atoms with E-state index in [-0.39, 0.29) is 12.5 Å². The Morgan fingerprint density at radius 2 is 1.62 bits per heavy atom. The van der Waals surface area contributed by atoms with Crippen LogP contribution in [0.5, 0.6) is 0 Å². The molecule has 21 heavy (non-hydrogen) atoms. The number of hydrogen-bond donors (Lipinski definition) is 2. The van der Waals surface area contributed by atoms with Gasteiger partial charge in [-0.1, -0.05) is 50.7 Å². The number of carbonyl (C=O) groups excluding carboxylic acids is 1. The summed E-state index contributed by atoms with van der Waals surface area (Å²) in [5, 5.41) is 6.68. The number of nitrogens with one attached hydrogen (secondary N) is 2. The van der Waals surface area contributed by atoms with Gasteiger partial charge in [0.25, 0.3) is 0 Å². The van der Waals surface area contributed by atoms with Gasteiger partial charge < -0.3 is 10.6 Å². The van der Waals surface area contributed by atoms with Gasteiger partial charge in [0.2, 0.25) is 5.91 Å². The summed E-state index contributed by atoms with van der Waals surface area (Å²) in [6.07, 6.45) is 0. The molecular weight excluding hydrogens is 398 g/mol. The van der Waals surface area contributed by atoms with Crippen LogP contribution in [0.25, 0.3) is 0 Å². The Kier molecular flexibility index (Phi) is 5.76. The number of amides is 1. The van der Waals surface area contributed by atoms with Gasteiger partial charge in [-0.15, -0.1) is 0 Å². The summed E-state index contributed by atoms with van der Waals surface area (Å²) < 4.78 is 0.972. The second-order valence-electron chi connectivity index (χ2n) is 4.15. The van der Waals surface area contributed by atoms with E-state index in [1.807, 2.05) is 24.3 Å². The molecule has 0 saturated carbocycles. The standard InChI is InChI=1S/C14H10BrCl3N2O/c15-8-1-3-9(4-2-8)19-7-14(21)20-13-6-11(17)10(16)5-12(13)18/h1-6,19H,7H2,(H,20,21). The van der Waals surface area contributed by atoms with Gasteiger partial charge in [0.15, 0.2) is 0 Å². The molecule has 0 aromatic heterocycles. The van der Waals surface area contributed by atoms with Crippen LogP contribution in [0, 0.1) is 0 Å². The van der Waals surface area contributed by atoms with E-state index >= 15 is 0 Å². The Bertz CT molecular complexity index is 662. The van der Waals surface area contributed by atoms with E-state index in [0.717, 1.165) is 10.2 Å². The highest BCUT2D eigenvalue weighted by Crippen LogP contribution is 2.32. The van der Waals surface area contributed by atoms with Crippen LogP contribution in [0.4, 0.5) is 11.4 Å². The van der Waals surface area contributed by atoms with Crippen molar-refractivity contribution in [3.05, 3.63) is 55.9 Å². The molecule has 0 aliphatic carbocycles. The topological polar surface area (TPSA) is 41.1 Å². The lowest BCUT2D eigenvalue weighted by Crippen LogP contribution is -2.21. The summed E-state index contributed by atoms with van der Waals surface area (Å²) in [6, 6.07) is 10.5. The van der Waals surface area contributed by atoms with Crippen LogP contribution in [-0.2, 0) is 4.79 Å². The predicted molar refractivity (Wildman–Crippen MR) is 92.7 cm³/mol. The number of rotatable bonds is 4. The number of halogens is 4. The number of anilines is 2. The molecule has 0 spiro atoms. The van der Waals surface area contributed by atoms with Gasteiger partial charge in [-0.3, -0.25) is 4.79 Å². The first-order valence-electron chi connectivity index (χ1n) is 5.89. The molecule has 3 nitrogen and oxygen atoms in total. The van der Waals surface area contributed by atoms with Crippen molar-refractivity contribution in [2.24, 2.45) is 0 Å². The van der Waals surface area contributed by atoms with Gasteiger partial charge in [0.05, 0.1) is 27.3 Å². The van der Waals surface area contributed by atoms with Crippen LogP contribution < -0.4 is 10.6 Å². The van der Waals surface area contributed by atoms with E-state index in [1.165, 1.54) is 12.1 Å². The van der Waals surface area contributed by atoms with Crippen molar-refractivity contribution in [3.63, 3.8) is 0 Å². The first-order valence-corrected chi connectivity index (χ1v) is 7.82. The van der Waals surface area contributed by atoms with Gasteiger partial charge in [0, 0.05) is 10.2 Å². The van der Waals surface area contributed by atoms with Crippen molar-refractivity contribution in [1.82, 2.24) is 0 Å². The Hall–Kier alpha value is -0.940. The lowest BCUT2D eigenvalue weighted by Gasteiger charge is -2.10. The van der Waals surface area contributed by atoms with E-state index in [4.69, 9.17) is 34.8 Å². The molecule has 1 amide bonds. The number of carbonyl (C=O) groups is 1. The molecule has 0 bridgehead atoms. The molecule has 2 N–H and O–H groups in total. The third-order valence-electron chi connectivity index (χ3n) is 2.58. The third-order valence-corrected chi connectivity index (χ3v) is 4.14. The highest BCUT2D eigenvalue weighted by atomic mass is 79.9. The summed E-state index contributed by atoms with van der Waals surface area (Å²) >= 11 is 21.1. The monoisotopic (exact) mass is 406 g/mol. The molecular formula is C14H10BrCl3N2O. The maximum absolute atomic E-state index is 11.9. The first-order chi connectivity index (χ1) is 9.95. The van der Waals surface area contributed by atoms with Gasteiger partial charge in [-0.2, -0.15) is 0 Å². The van der Waals surface area contributed by atoms with Crippen LogP contribution >= 0.6 is 50.7 Å².